The van der Waals surface area contributed by atoms with Gasteiger partial charge < -0.3 is 24.4 Å². The average Bonchev–Trinajstić information content (AvgIpc) is 3.01. The second-order valence-corrected chi connectivity index (χ2v) is 9.67. The number of hydrogen-bond donors (Lipinski definition) is 1. The summed E-state index contributed by atoms with van der Waals surface area (Å²) in [6, 6.07) is 12.3. The van der Waals surface area contributed by atoms with Crippen LogP contribution in [0, 0.1) is 5.82 Å². The van der Waals surface area contributed by atoms with E-state index in [1.165, 1.54) is 25.6 Å². The van der Waals surface area contributed by atoms with Gasteiger partial charge >= 0.3 is 0 Å². The molecule has 0 spiro atoms. The Morgan fingerprint density at radius 1 is 1.00 bits per heavy atom. The Hall–Kier alpha value is -4.80. The first-order valence-electron chi connectivity index (χ1n) is 13.2. The van der Waals surface area contributed by atoms with Crippen molar-refractivity contribution in [2.24, 2.45) is 0 Å². The number of rotatable bonds is 9. The Morgan fingerprint density at radius 2 is 1.71 bits per heavy atom. The molecule has 0 bridgehead atoms. The van der Waals surface area contributed by atoms with E-state index in [4.69, 9.17) is 14.2 Å². The number of likely N-dealkylation sites (tertiary alicyclic amines) is 1. The lowest BCUT2D eigenvalue weighted by atomic mass is 10.0. The van der Waals surface area contributed by atoms with Gasteiger partial charge in [-0.2, -0.15) is 0 Å². The fraction of sp³-hybridized carbons (Fsp3) is 0.258. The normalized spacial score (nSPS) is 13.7. The fourth-order valence-corrected chi connectivity index (χ4v) is 4.92. The molecule has 3 aromatic carbocycles. The van der Waals surface area contributed by atoms with Crippen LogP contribution in [0.3, 0.4) is 0 Å². The topological polar surface area (TPSA) is 85.8 Å². The molecule has 0 aliphatic carbocycles. The number of hydrogen-bond acceptors (Lipinski definition) is 7. The highest BCUT2D eigenvalue weighted by atomic mass is 19.3. The Labute approximate surface area is 240 Å². The maximum Gasteiger partial charge on any atom is 0.266 e. The summed E-state index contributed by atoms with van der Waals surface area (Å²) in [6.45, 7) is 4.67. The molecule has 0 unspecified atom stereocenters. The number of anilines is 2. The predicted molar refractivity (Wildman–Crippen MR) is 153 cm³/mol. The van der Waals surface area contributed by atoms with E-state index in [-0.39, 0.29) is 12.0 Å². The zero-order valence-electron chi connectivity index (χ0n) is 23.1. The lowest BCUT2D eigenvalue weighted by Gasteiger charge is -2.31. The third-order valence-electron chi connectivity index (χ3n) is 7.16. The second kappa shape index (κ2) is 12.4. The SMILES string of the molecule is C=CC(=O)N1CCC(Oc2cc3c(Nc4cc(-c5ccc(F)c(C(F)F)c5)ccc4OC)ncnc3cc2OC)CC1. The first-order valence-corrected chi connectivity index (χ1v) is 13.2. The number of ether oxygens (including phenoxy) is 3. The lowest BCUT2D eigenvalue weighted by molar-refractivity contribution is -0.127. The van der Waals surface area contributed by atoms with E-state index >= 15 is 0 Å². The molecule has 218 valence electrons. The van der Waals surface area contributed by atoms with Gasteiger partial charge in [0.2, 0.25) is 5.91 Å². The van der Waals surface area contributed by atoms with Crippen molar-refractivity contribution in [2.45, 2.75) is 25.4 Å². The molecule has 0 radical (unpaired) electrons. The zero-order chi connectivity index (χ0) is 29.8. The first-order chi connectivity index (χ1) is 20.3. The highest BCUT2D eigenvalue weighted by Gasteiger charge is 2.24. The lowest BCUT2D eigenvalue weighted by Crippen LogP contribution is -2.41. The Balaban J connectivity index is 1.46. The number of benzene rings is 3. The summed E-state index contributed by atoms with van der Waals surface area (Å²) in [5.41, 5.74) is 1.43. The molecule has 8 nitrogen and oxygen atoms in total. The molecule has 1 aromatic heterocycles. The number of carbonyl (C=O) groups excluding carboxylic acids is 1. The number of nitrogens with zero attached hydrogens (tertiary/aromatic N) is 3. The second-order valence-electron chi connectivity index (χ2n) is 9.67. The summed E-state index contributed by atoms with van der Waals surface area (Å²) in [5.74, 6) is 0.870. The van der Waals surface area contributed by atoms with Gasteiger partial charge in [-0.1, -0.05) is 18.7 Å². The number of halogens is 3. The Morgan fingerprint density at radius 3 is 2.40 bits per heavy atom. The minimum absolute atomic E-state index is 0.0991. The third kappa shape index (κ3) is 5.95. The van der Waals surface area contributed by atoms with E-state index in [0.29, 0.717) is 76.7 Å². The van der Waals surface area contributed by atoms with Crippen molar-refractivity contribution >= 4 is 28.3 Å². The number of fused-ring (bicyclic) bond motifs is 1. The van der Waals surface area contributed by atoms with Crippen molar-refractivity contribution in [2.75, 3.05) is 32.6 Å². The van der Waals surface area contributed by atoms with E-state index in [0.717, 1.165) is 12.1 Å². The molecule has 4 aromatic rings. The predicted octanol–water partition coefficient (Wildman–Crippen LogP) is 6.69. The quantitative estimate of drug-likeness (QED) is 0.222. The van der Waals surface area contributed by atoms with Gasteiger partial charge in [-0.05, 0) is 47.5 Å². The molecule has 1 aliphatic heterocycles. The van der Waals surface area contributed by atoms with Crippen LogP contribution in [0.2, 0.25) is 0 Å². The number of carbonyl (C=O) groups is 1. The van der Waals surface area contributed by atoms with Gasteiger partial charge in [-0.15, -0.1) is 0 Å². The summed E-state index contributed by atoms with van der Waals surface area (Å²) < 4.78 is 58.0. The van der Waals surface area contributed by atoms with Crippen LogP contribution in [-0.2, 0) is 4.79 Å². The maximum absolute atomic E-state index is 13.9. The standard InChI is InChI=1S/C31H29F3N4O4/c1-4-29(39)38-11-9-20(10-12-38)42-28-15-22-24(16-27(28)41-3)35-17-36-31(22)37-25-14-19(6-8-26(25)40-2)18-5-7-23(32)21(13-18)30(33)34/h4-8,13-17,20,30H,1,9-12H2,2-3H3,(H,35,36,37). The highest BCUT2D eigenvalue weighted by Crippen LogP contribution is 2.39. The minimum Gasteiger partial charge on any atom is -0.495 e. The van der Waals surface area contributed by atoms with Gasteiger partial charge in [0, 0.05) is 37.4 Å². The molecule has 1 fully saturated rings. The summed E-state index contributed by atoms with van der Waals surface area (Å²) >= 11 is 0. The number of nitrogens with one attached hydrogen (secondary N) is 1. The summed E-state index contributed by atoms with van der Waals surface area (Å²) in [7, 11) is 3.06. The van der Waals surface area contributed by atoms with E-state index in [1.54, 1.807) is 42.3 Å². The van der Waals surface area contributed by atoms with Crippen molar-refractivity contribution < 1.29 is 32.2 Å². The average molecular weight is 579 g/mol. The summed E-state index contributed by atoms with van der Waals surface area (Å²) in [6.07, 6.45) is 0.950. The van der Waals surface area contributed by atoms with Crippen molar-refractivity contribution in [3.05, 3.63) is 78.9 Å². The fourth-order valence-electron chi connectivity index (χ4n) is 4.92. The van der Waals surface area contributed by atoms with Crippen molar-refractivity contribution in [3.63, 3.8) is 0 Å². The molecule has 1 amide bonds. The van der Waals surface area contributed by atoms with Crippen molar-refractivity contribution in [1.82, 2.24) is 14.9 Å². The van der Waals surface area contributed by atoms with Crippen LogP contribution in [0.4, 0.5) is 24.7 Å². The van der Waals surface area contributed by atoms with Crippen LogP contribution in [0.25, 0.3) is 22.0 Å². The smallest absolute Gasteiger partial charge is 0.266 e. The monoisotopic (exact) mass is 578 g/mol. The Kier molecular flexibility index (Phi) is 8.46. The highest BCUT2D eigenvalue weighted by molar-refractivity contribution is 5.94. The van der Waals surface area contributed by atoms with E-state index in [2.05, 4.69) is 21.9 Å². The minimum atomic E-state index is -2.94. The van der Waals surface area contributed by atoms with E-state index in [1.807, 2.05) is 0 Å². The van der Waals surface area contributed by atoms with Gasteiger partial charge in [0.15, 0.2) is 11.5 Å². The third-order valence-corrected chi connectivity index (χ3v) is 7.16. The van der Waals surface area contributed by atoms with Crippen LogP contribution >= 0.6 is 0 Å². The maximum atomic E-state index is 13.9. The van der Waals surface area contributed by atoms with E-state index in [9.17, 15) is 18.0 Å². The Bertz CT molecular complexity index is 1620. The number of amides is 1. The van der Waals surface area contributed by atoms with Gasteiger partial charge in [0.1, 0.15) is 29.8 Å². The number of piperidine rings is 1. The molecule has 5 rings (SSSR count). The number of alkyl halides is 2. The van der Waals surface area contributed by atoms with Crippen LogP contribution < -0.4 is 19.5 Å². The number of methoxy groups -OCH3 is 2. The van der Waals surface area contributed by atoms with E-state index < -0.39 is 17.8 Å². The molecular weight excluding hydrogens is 549 g/mol. The molecule has 1 aliphatic rings. The van der Waals surface area contributed by atoms with Gasteiger partial charge in [-0.25, -0.2) is 23.1 Å². The van der Waals surface area contributed by atoms with Crippen molar-refractivity contribution in [3.8, 4) is 28.4 Å². The van der Waals surface area contributed by atoms with Crippen LogP contribution in [0.1, 0.15) is 24.8 Å². The van der Waals surface area contributed by atoms with Crippen LogP contribution in [0.5, 0.6) is 17.2 Å². The molecule has 42 heavy (non-hydrogen) atoms. The molecule has 11 heteroatoms. The molecule has 0 atom stereocenters. The summed E-state index contributed by atoms with van der Waals surface area (Å²) in [5, 5.41) is 3.91. The summed E-state index contributed by atoms with van der Waals surface area (Å²) in [4.78, 5) is 22.5. The molecule has 0 saturated carbocycles. The van der Waals surface area contributed by atoms with Gasteiger partial charge in [-0.3, -0.25) is 4.79 Å². The van der Waals surface area contributed by atoms with Gasteiger partial charge in [0.25, 0.3) is 6.43 Å². The van der Waals surface area contributed by atoms with Crippen LogP contribution in [-0.4, -0.2) is 54.2 Å². The largest absolute Gasteiger partial charge is 0.495 e. The first kappa shape index (κ1) is 28.7. The molecule has 1 N–H and O–H groups in total. The van der Waals surface area contributed by atoms with Gasteiger partial charge in [0.05, 0.1) is 31.0 Å². The zero-order valence-corrected chi connectivity index (χ0v) is 23.1. The van der Waals surface area contributed by atoms with Crippen molar-refractivity contribution in [1.29, 1.82) is 0 Å². The molecule has 2 heterocycles. The molecule has 1 saturated heterocycles. The van der Waals surface area contributed by atoms with Crippen LogP contribution in [0.15, 0.2) is 67.5 Å². The molecular formula is C31H29F3N4O4. The number of aromatic nitrogens is 2.